The zero-order chi connectivity index (χ0) is 15.4. The van der Waals surface area contributed by atoms with Crippen molar-refractivity contribution in [1.29, 1.82) is 0 Å². The molecule has 0 aromatic carbocycles. The van der Waals surface area contributed by atoms with Crippen molar-refractivity contribution in [2.75, 3.05) is 31.2 Å². The molecule has 0 saturated carbocycles. The van der Waals surface area contributed by atoms with E-state index < -0.39 is 0 Å². The molecule has 1 fully saturated rings. The molecule has 1 N–H and O–H groups in total. The van der Waals surface area contributed by atoms with E-state index in [0.29, 0.717) is 31.5 Å². The summed E-state index contributed by atoms with van der Waals surface area (Å²) >= 11 is 0. The summed E-state index contributed by atoms with van der Waals surface area (Å²) in [5.41, 5.74) is 1.65. The van der Waals surface area contributed by atoms with Crippen LogP contribution in [0.1, 0.15) is 21.9 Å². The SMILES string of the molecule is Cc1cc(CNC(=O)c2ccco2)nc(N2CCOCC2)n1. The Morgan fingerprint density at radius 2 is 2.18 bits per heavy atom. The lowest BCUT2D eigenvalue weighted by molar-refractivity contribution is 0.0922. The van der Waals surface area contributed by atoms with E-state index in [2.05, 4.69) is 20.2 Å². The number of rotatable bonds is 4. The van der Waals surface area contributed by atoms with Gasteiger partial charge in [-0.1, -0.05) is 0 Å². The quantitative estimate of drug-likeness (QED) is 0.912. The summed E-state index contributed by atoms with van der Waals surface area (Å²) in [5.74, 6) is 0.721. The first-order valence-electron chi connectivity index (χ1n) is 7.21. The number of aromatic nitrogens is 2. The number of hydrogen-bond donors (Lipinski definition) is 1. The number of hydrogen-bond acceptors (Lipinski definition) is 6. The monoisotopic (exact) mass is 302 g/mol. The third kappa shape index (κ3) is 3.43. The van der Waals surface area contributed by atoms with Crippen LogP contribution in [0.25, 0.3) is 0 Å². The highest BCUT2D eigenvalue weighted by Crippen LogP contribution is 2.12. The molecular weight excluding hydrogens is 284 g/mol. The van der Waals surface area contributed by atoms with Gasteiger partial charge in [0.25, 0.3) is 5.91 Å². The number of amides is 1. The molecule has 0 aliphatic carbocycles. The molecule has 2 aromatic heterocycles. The lowest BCUT2D eigenvalue weighted by atomic mass is 10.3. The molecule has 7 heteroatoms. The van der Waals surface area contributed by atoms with Crippen molar-refractivity contribution in [2.45, 2.75) is 13.5 Å². The highest BCUT2D eigenvalue weighted by molar-refractivity contribution is 5.91. The number of nitrogens with one attached hydrogen (secondary N) is 1. The van der Waals surface area contributed by atoms with Crippen LogP contribution in [0.2, 0.25) is 0 Å². The summed E-state index contributed by atoms with van der Waals surface area (Å²) in [6.07, 6.45) is 1.47. The van der Waals surface area contributed by atoms with Crippen LogP contribution in [0.15, 0.2) is 28.9 Å². The Morgan fingerprint density at radius 3 is 2.91 bits per heavy atom. The van der Waals surface area contributed by atoms with Gasteiger partial charge in [0.2, 0.25) is 5.95 Å². The summed E-state index contributed by atoms with van der Waals surface area (Å²) in [6, 6.07) is 5.17. The second kappa shape index (κ2) is 6.57. The summed E-state index contributed by atoms with van der Waals surface area (Å²) in [6.45, 7) is 5.18. The predicted molar refractivity (Wildman–Crippen MR) is 79.7 cm³/mol. The van der Waals surface area contributed by atoms with Gasteiger partial charge in [0, 0.05) is 18.8 Å². The smallest absolute Gasteiger partial charge is 0.287 e. The maximum atomic E-state index is 11.9. The van der Waals surface area contributed by atoms with E-state index >= 15 is 0 Å². The summed E-state index contributed by atoms with van der Waals surface area (Å²) < 4.78 is 10.4. The standard InChI is InChI=1S/C15H18N4O3/c1-11-9-12(10-16-14(20)13-3-2-6-22-13)18-15(17-11)19-4-7-21-8-5-19/h2-3,6,9H,4-5,7-8,10H2,1H3,(H,16,20). The third-order valence-electron chi connectivity index (χ3n) is 3.36. The van der Waals surface area contributed by atoms with Crippen molar-refractivity contribution in [1.82, 2.24) is 15.3 Å². The summed E-state index contributed by atoms with van der Waals surface area (Å²) in [4.78, 5) is 23.0. The molecule has 2 aromatic rings. The molecular formula is C15H18N4O3. The number of furan rings is 1. The largest absolute Gasteiger partial charge is 0.459 e. The molecule has 1 saturated heterocycles. The van der Waals surface area contributed by atoms with Crippen molar-refractivity contribution >= 4 is 11.9 Å². The molecule has 3 rings (SSSR count). The van der Waals surface area contributed by atoms with Gasteiger partial charge in [0.15, 0.2) is 5.76 Å². The Morgan fingerprint density at radius 1 is 1.36 bits per heavy atom. The molecule has 3 heterocycles. The van der Waals surface area contributed by atoms with Crippen LogP contribution in [-0.4, -0.2) is 42.2 Å². The minimum atomic E-state index is -0.255. The molecule has 116 valence electrons. The Kier molecular flexibility index (Phi) is 4.34. The second-order valence-corrected chi connectivity index (χ2v) is 5.06. The van der Waals surface area contributed by atoms with Crippen LogP contribution in [0.4, 0.5) is 5.95 Å². The van der Waals surface area contributed by atoms with E-state index in [1.807, 2.05) is 13.0 Å². The number of carbonyl (C=O) groups is 1. The molecule has 0 radical (unpaired) electrons. The summed E-state index contributed by atoms with van der Waals surface area (Å²) in [5, 5.41) is 2.79. The topological polar surface area (TPSA) is 80.5 Å². The van der Waals surface area contributed by atoms with E-state index in [9.17, 15) is 4.79 Å². The first-order chi connectivity index (χ1) is 10.7. The van der Waals surface area contributed by atoms with Crippen molar-refractivity contribution in [2.24, 2.45) is 0 Å². The van der Waals surface area contributed by atoms with Crippen LogP contribution in [0.3, 0.4) is 0 Å². The zero-order valence-corrected chi connectivity index (χ0v) is 12.4. The van der Waals surface area contributed by atoms with Gasteiger partial charge in [-0.25, -0.2) is 9.97 Å². The lowest BCUT2D eigenvalue weighted by Crippen LogP contribution is -2.37. The number of carbonyl (C=O) groups excluding carboxylic acids is 1. The number of nitrogens with zero attached hydrogens (tertiary/aromatic N) is 3. The van der Waals surface area contributed by atoms with Crippen molar-refractivity contribution in [3.63, 3.8) is 0 Å². The molecule has 1 amide bonds. The van der Waals surface area contributed by atoms with Gasteiger partial charge >= 0.3 is 0 Å². The highest BCUT2D eigenvalue weighted by atomic mass is 16.5. The predicted octanol–water partition coefficient (Wildman–Crippen LogP) is 1.14. The first kappa shape index (κ1) is 14.5. The van der Waals surface area contributed by atoms with Gasteiger partial charge in [-0.15, -0.1) is 0 Å². The average molecular weight is 302 g/mol. The molecule has 0 bridgehead atoms. The number of morpholine rings is 1. The molecule has 0 unspecified atom stereocenters. The number of aryl methyl sites for hydroxylation is 1. The Balaban J connectivity index is 1.68. The van der Waals surface area contributed by atoms with Crippen LogP contribution in [0.5, 0.6) is 0 Å². The van der Waals surface area contributed by atoms with E-state index in [1.165, 1.54) is 6.26 Å². The molecule has 1 aliphatic rings. The van der Waals surface area contributed by atoms with Gasteiger partial charge in [-0.05, 0) is 25.1 Å². The van der Waals surface area contributed by atoms with Crippen LogP contribution < -0.4 is 10.2 Å². The Hall–Kier alpha value is -2.41. The fourth-order valence-corrected chi connectivity index (χ4v) is 2.28. The normalized spacial score (nSPS) is 14.9. The molecule has 7 nitrogen and oxygen atoms in total. The Bertz CT molecular complexity index is 636. The Labute approximate surface area is 128 Å². The van der Waals surface area contributed by atoms with Gasteiger partial charge < -0.3 is 19.4 Å². The van der Waals surface area contributed by atoms with Gasteiger partial charge in [-0.2, -0.15) is 0 Å². The second-order valence-electron chi connectivity index (χ2n) is 5.06. The third-order valence-corrected chi connectivity index (χ3v) is 3.36. The van der Waals surface area contributed by atoms with Gasteiger partial charge in [0.1, 0.15) is 0 Å². The van der Waals surface area contributed by atoms with E-state index in [0.717, 1.165) is 24.5 Å². The minimum Gasteiger partial charge on any atom is -0.459 e. The van der Waals surface area contributed by atoms with E-state index in [4.69, 9.17) is 9.15 Å². The van der Waals surface area contributed by atoms with E-state index in [-0.39, 0.29) is 5.91 Å². The highest BCUT2D eigenvalue weighted by Gasteiger charge is 2.15. The fourth-order valence-electron chi connectivity index (χ4n) is 2.28. The van der Waals surface area contributed by atoms with Crippen molar-refractivity contribution in [3.8, 4) is 0 Å². The van der Waals surface area contributed by atoms with Crippen molar-refractivity contribution < 1.29 is 13.9 Å². The molecule has 1 aliphatic heterocycles. The van der Waals surface area contributed by atoms with Crippen LogP contribution in [0, 0.1) is 6.92 Å². The average Bonchev–Trinajstić information content (AvgIpc) is 3.07. The minimum absolute atomic E-state index is 0.255. The van der Waals surface area contributed by atoms with Crippen LogP contribution >= 0.6 is 0 Å². The molecule has 0 atom stereocenters. The molecule has 0 spiro atoms. The maximum Gasteiger partial charge on any atom is 0.287 e. The van der Waals surface area contributed by atoms with Gasteiger partial charge in [-0.3, -0.25) is 4.79 Å². The van der Waals surface area contributed by atoms with Crippen LogP contribution in [-0.2, 0) is 11.3 Å². The van der Waals surface area contributed by atoms with Crippen molar-refractivity contribution in [3.05, 3.63) is 41.6 Å². The van der Waals surface area contributed by atoms with E-state index in [1.54, 1.807) is 12.1 Å². The summed E-state index contributed by atoms with van der Waals surface area (Å²) in [7, 11) is 0. The maximum absolute atomic E-state index is 11.9. The fraction of sp³-hybridized carbons (Fsp3) is 0.400. The number of ether oxygens (including phenoxy) is 1. The molecule has 22 heavy (non-hydrogen) atoms. The number of anilines is 1. The zero-order valence-electron chi connectivity index (χ0n) is 12.4. The lowest BCUT2D eigenvalue weighted by Gasteiger charge is -2.27. The van der Waals surface area contributed by atoms with Gasteiger partial charge in [0.05, 0.1) is 31.7 Å². The first-order valence-corrected chi connectivity index (χ1v) is 7.21.